The summed E-state index contributed by atoms with van der Waals surface area (Å²) in [7, 11) is 2.00. The summed E-state index contributed by atoms with van der Waals surface area (Å²) >= 11 is 0.0726. The Bertz CT molecular complexity index is 790. The maximum absolute atomic E-state index is 12.2. The Hall–Kier alpha value is -1.91. The molecule has 108 valence electrons. The number of carbonyl (C=O) groups excluding carboxylic acids is 1. The van der Waals surface area contributed by atoms with E-state index in [4.69, 9.17) is 0 Å². The molecule has 3 aromatic rings. The summed E-state index contributed by atoms with van der Waals surface area (Å²) in [6.45, 7) is 2.05. The van der Waals surface area contributed by atoms with Gasteiger partial charge in [-0.1, -0.05) is 0 Å². The molecule has 0 atom stereocenters. The number of aromatic nitrogens is 3. The molecule has 0 radical (unpaired) electrons. The summed E-state index contributed by atoms with van der Waals surface area (Å²) in [5, 5.41) is 12.1. The van der Waals surface area contributed by atoms with Crippen molar-refractivity contribution in [2.75, 3.05) is 5.32 Å². The minimum absolute atomic E-state index is 0.0282. The van der Waals surface area contributed by atoms with Gasteiger partial charge in [0, 0.05) is 0 Å². The van der Waals surface area contributed by atoms with E-state index in [9.17, 15) is 4.79 Å². The Labute approximate surface area is 128 Å². The number of aryl methyl sites for hydroxylation is 2. The monoisotopic (exact) mass is 348 g/mol. The molecule has 0 aliphatic heterocycles. The van der Waals surface area contributed by atoms with Gasteiger partial charge in [0.15, 0.2) is 0 Å². The second-order valence-electron chi connectivity index (χ2n) is 4.86. The van der Waals surface area contributed by atoms with Crippen LogP contribution in [-0.2, 0) is 24.7 Å². The summed E-state index contributed by atoms with van der Waals surface area (Å²) in [6.07, 6.45) is 3.27. The predicted octanol–water partition coefficient (Wildman–Crippen LogP) is 1.77. The molecular formula is C15H16N4OSe. The molecule has 5 nitrogen and oxygen atoms in total. The van der Waals surface area contributed by atoms with Gasteiger partial charge in [-0.2, -0.15) is 0 Å². The number of anilines is 1. The molecule has 0 saturated carbocycles. The normalized spacial score (nSPS) is 11.0. The molecule has 0 bridgehead atoms. The van der Waals surface area contributed by atoms with E-state index in [-0.39, 0.29) is 20.4 Å². The van der Waals surface area contributed by atoms with Gasteiger partial charge in [0.05, 0.1) is 0 Å². The van der Waals surface area contributed by atoms with Crippen LogP contribution in [0.5, 0.6) is 0 Å². The van der Waals surface area contributed by atoms with Gasteiger partial charge in [0.1, 0.15) is 0 Å². The van der Waals surface area contributed by atoms with E-state index in [1.807, 2.05) is 36.0 Å². The van der Waals surface area contributed by atoms with Crippen LogP contribution in [0, 0.1) is 0 Å². The van der Waals surface area contributed by atoms with Crippen molar-refractivity contribution in [2.45, 2.75) is 19.8 Å². The van der Waals surface area contributed by atoms with Gasteiger partial charge < -0.3 is 0 Å². The first-order chi connectivity index (χ1) is 10.2. The molecule has 1 aromatic carbocycles. The number of amides is 1. The average Bonchev–Trinajstić information content (AvgIpc) is 3.05. The maximum atomic E-state index is 12.2. The van der Waals surface area contributed by atoms with Gasteiger partial charge in [-0.05, 0) is 0 Å². The van der Waals surface area contributed by atoms with Crippen LogP contribution in [0.1, 0.15) is 17.1 Å². The van der Waals surface area contributed by atoms with Crippen LogP contribution in [0.2, 0.25) is 0 Å². The van der Waals surface area contributed by atoms with Crippen LogP contribution in [-0.4, -0.2) is 35.2 Å². The molecule has 2 aromatic heterocycles. The number of nitrogens with zero attached hydrogens (tertiary/aromatic N) is 3. The van der Waals surface area contributed by atoms with Crippen LogP contribution in [0.15, 0.2) is 30.5 Å². The fourth-order valence-corrected chi connectivity index (χ4v) is 3.81. The standard InChI is InChI=1S/C15H16N4OSe/c1-3-14-17-18-15(21-14)16-13(20)8-10-9-19(2)12-7-5-4-6-11(10)12/h4-7,9H,3,8H2,1-2H3,(H,16,18,20). The van der Waals surface area contributed by atoms with E-state index >= 15 is 0 Å². The van der Waals surface area contributed by atoms with E-state index in [1.54, 1.807) is 0 Å². The number of rotatable bonds is 4. The molecule has 3 rings (SSSR count). The molecule has 21 heavy (non-hydrogen) atoms. The molecule has 0 spiro atoms. The molecule has 2 heterocycles. The third-order valence-corrected chi connectivity index (χ3v) is 5.41. The van der Waals surface area contributed by atoms with E-state index in [0.717, 1.165) is 27.5 Å². The Morgan fingerprint density at radius 3 is 2.90 bits per heavy atom. The van der Waals surface area contributed by atoms with Gasteiger partial charge in [0.25, 0.3) is 0 Å². The van der Waals surface area contributed by atoms with Crippen LogP contribution >= 0.6 is 0 Å². The Kier molecular flexibility index (Phi) is 3.90. The number of hydrogen-bond donors (Lipinski definition) is 1. The molecule has 1 N–H and O–H groups in total. The minimum atomic E-state index is -0.0282. The third-order valence-electron chi connectivity index (χ3n) is 3.35. The molecule has 0 unspecified atom stereocenters. The van der Waals surface area contributed by atoms with Gasteiger partial charge in [-0.25, -0.2) is 0 Å². The zero-order valence-corrected chi connectivity index (χ0v) is 13.7. The van der Waals surface area contributed by atoms with E-state index in [0.29, 0.717) is 11.1 Å². The second-order valence-corrected chi connectivity index (χ2v) is 7.09. The topological polar surface area (TPSA) is 59.8 Å². The second kappa shape index (κ2) is 5.84. The van der Waals surface area contributed by atoms with Crippen LogP contribution in [0.3, 0.4) is 0 Å². The summed E-state index contributed by atoms with van der Waals surface area (Å²) in [6, 6.07) is 8.11. The fraction of sp³-hybridized carbons (Fsp3) is 0.267. The van der Waals surface area contributed by atoms with Crippen molar-refractivity contribution in [1.29, 1.82) is 0 Å². The summed E-state index contributed by atoms with van der Waals surface area (Å²) in [5.74, 6) is -0.0282. The molecule has 0 fully saturated rings. The Morgan fingerprint density at radius 1 is 1.33 bits per heavy atom. The first-order valence-electron chi connectivity index (χ1n) is 6.82. The molecular weight excluding hydrogens is 331 g/mol. The van der Waals surface area contributed by atoms with Crippen molar-refractivity contribution in [3.63, 3.8) is 0 Å². The van der Waals surface area contributed by atoms with Crippen molar-refractivity contribution in [3.8, 4) is 0 Å². The van der Waals surface area contributed by atoms with Crippen LogP contribution in [0.4, 0.5) is 4.69 Å². The van der Waals surface area contributed by atoms with Crippen molar-refractivity contribution >= 4 is 36.0 Å². The molecule has 1 amide bonds. The molecule has 6 heteroatoms. The van der Waals surface area contributed by atoms with Crippen LogP contribution < -0.4 is 5.32 Å². The molecule has 0 aliphatic rings. The quantitative estimate of drug-likeness (QED) is 0.732. The van der Waals surface area contributed by atoms with Crippen molar-refractivity contribution in [2.24, 2.45) is 7.05 Å². The Balaban J connectivity index is 1.77. The zero-order valence-electron chi connectivity index (χ0n) is 12.0. The number of hydrogen-bond acceptors (Lipinski definition) is 3. The van der Waals surface area contributed by atoms with Crippen molar-refractivity contribution in [3.05, 3.63) is 40.6 Å². The van der Waals surface area contributed by atoms with E-state index < -0.39 is 0 Å². The zero-order chi connectivity index (χ0) is 14.8. The van der Waals surface area contributed by atoms with Crippen molar-refractivity contribution in [1.82, 2.24) is 14.8 Å². The van der Waals surface area contributed by atoms with Gasteiger partial charge in [0.2, 0.25) is 0 Å². The van der Waals surface area contributed by atoms with Gasteiger partial charge >= 0.3 is 128 Å². The summed E-state index contributed by atoms with van der Waals surface area (Å²) < 4.78 is 3.83. The first kappa shape index (κ1) is 14.0. The molecule has 0 aliphatic carbocycles. The number of fused-ring (bicyclic) bond motifs is 1. The van der Waals surface area contributed by atoms with Gasteiger partial charge in [-0.3, -0.25) is 0 Å². The van der Waals surface area contributed by atoms with E-state index in [2.05, 4.69) is 28.5 Å². The van der Waals surface area contributed by atoms with Crippen LogP contribution in [0.25, 0.3) is 10.9 Å². The van der Waals surface area contributed by atoms with E-state index in [1.165, 1.54) is 0 Å². The van der Waals surface area contributed by atoms with Gasteiger partial charge in [-0.15, -0.1) is 0 Å². The summed E-state index contributed by atoms with van der Waals surface area (Å²) in [5.41, 5.74) is 2.17. The van der Waals surface area contributed by atoms with Crippen molar-refractivity contribution < 1.29 is 4.79 Å². The Morgan fingerprint density at radius 2 is 2.14 bits per heavy atom. The number of nitrogens with one attached hydrogen (secondary N) is 1. The first-order valence-corrected chi connectivity index (χ1v) is 8.54. The number of carbonyl (C=O) groups is 1. The average molecular weight is 347 g/mol. The predicted molar refractivity (Wildman–Crippen MR) is 83.6 cm³/mol. The number of benzene rings is 1. The SMILES string of the molecule is CCc1nnc(NC(=O)Cc2cn(C)c3ccccc23)[se]1. The summed E-state index contributed by atoms with van der Waals surface area (Å²) in [4.78, 5) is 12.2. The third kappa shape index (κ3) is 2.91. The molecule has 0 saturated heterocycles. The fourth-order valence-electron chi connectivity index (χ4n) is 2.35. The number of para-hydroxylation sites is 1.